The molecule has 0 unspecified atom stereocenters. The minimum Gasteiger partial charge on any atom is -0.352 e. The number of para-hydroxylation sites is 2. The number of aromatic nitrogens is 2. The van der Waals surface area contributed by atoms with Gasteiger partial charge < -0.3 is 9.88 Å². The van der Waals surface area contributed by atoms with E-state index in [1.54, 1.807) is 12.1 Å². The van der Waals surface area contributed by atoms with Crippen LogP contribution in [-0.4, -0.2) is 21.4 Å². The average Bonchev–Trinajstić information content (AvgIpc) is 2.97. The molecule has 2 aromatic carbocycles. The Hall–Kier alpha value is -3.15. The lowest BCUT2D eigenvalue weighted by Gasteiger charge is -2.08. The number of fused-ring (bicyclic) bond motifs is 1. The molecule has 6 nitrogen and oxygen atoms in total. The first-order chi connectivity index (χ1) is 12.1. The molecule has 3 rings (SSSR count). The number of carbonyl (C=O) groups excluding carboxylic acids is 2. The minimum absolute atomic E-state index is 0.0831. The molecular weight excluding hydrogens is 316 g/mol. The summed E-state index contributed by atoms with van der Waals surface area (Å²) in [5, 5.41) is 5.61. The normalized spacial score (nSPS) is 10.6. The van der Waals surface area contributed by atoms with Crippen molar-refractivity contribution in [2.24, 2.45) is 0 Å². The van der Waals surface area contributed by atoms with Crippen molar-refractivity contribution in [3.63, 3.8) is 0 Å². The van der Waals surface area contributed by atoms with Crippen LogP contribution in [-0.2, 0) is 17.9 Å². The molecule has 0 aliphatic carbocycles. The quantitative estimate of drug-likeness (QED) is 0.752. The Morgan fingerprint density at radius 1 is 1.08 bits per heavy atom. The topological polar surface area (TPSA) is 76.0 Å². The molecule has 128 valence electrons. The largest absolute Gasteiger partial charge is 0.352 e. The number of hydrogen-bond donors (Lipinski definition) is 2. The molecule has 0 aliphatic heterocycles. The van der Waals surface area contributed by atoms with E-state index in [0.29, 0.717) is 24.6 Å². The first-order valence-corrected chi connectivity index (χ1v) is 8.18. The number of aryl methyl sites for hydroxylation is 1. The van der Waals surface area contributed by atoms with E-state index in [1.165, 1.54) is 6.92 Å². The van der Waals surface area contributed by atoms with Crippen LogP contribution in [0.15, 0.2) is 48.5 Å². The lowest BCUT2D eigenvalue weighted by atomic mass is 10.1. The summed E-state index contributed by atoms with van der Waals surface area (Å²) in [6, 6.07) is 14.9. The molecule has 0 atom stereocenters. The number of hydrogen-bond acceptors (Lipinski definition) is 3. The summed E-state index contributed by atoms with van der Waals surface area (Å²) in [4.78, 5) is 27.9. The summed E-state index contributed by atoms with van der Waals surface area (Å²) in [6.45, 7) is 4.65. The number of anilines is 1. The van der Waals surface area contributed by atoms with E-state index in [9.17, 15) is 9.59 Å². The molecule has 0 spiro atoms. The second-order valence-electron chi connectivity index (χ2n) is 5.73. The molecule has 0 saturated carbocycles. The van der Waals surface area contributed by atoms with Crippen molar-refractivity contribution < 1.29 is 9.59 Å². The second-order valence-corrected chi connectivity index (χ2v) is 5.73. The van der Waals surface area contributed by atoms with Crippen LogP contribution in [0.3, 0.4) is 0 Å². The molecule has 0 aliphatic rings. The fraction of sp³-hybridized carbons (Fsp3) is 0.211. The second kappa shape index (κ2) is 7.17. The third-order valence-corrected chi connectivity index (χ3v) is 3.95. The summed E-state index contributed by atoms with van der Waals surface area (Å²) >= 11 is 0. The maximum absolute atomic E-state index is 12.5. The van der Waals surface area contributed by atoms with Crippen LogP contribution in [0.4, 0.5) is 5.95 Å². The summed E-state index contributed by atoms with van der Waals surface area (Å²) < 4.78 is 1.97. The number of benzene rings is 2. The van der Waals surface area contributed by atoms with Gasteiger partial charge in [0.05, 0.1) is 11.0 Å². The Bertz CT molecular complexity index is 913. The van der Waals surface area contributed by atoms with Crippen LogP contribution in [0.5, 0.6) is 0 Å². The molecule has 0 bridgehead atoms. The highest BCUT2D eigenvalue weighted by Crippen LogP contribution is 2.20. The molecular formula is C19H20N4O2. The third-order valence-electron chi connectivity index (χ3n) is 3.95. The van der Waals surface area contributed by atoms with Crippen LogP contribution in [0.25, 0.3) is 11.0 Å². The highest BCUT2D eigenvalue weighted by Gasteiger charge is 2.13. The molecule has 3 aromatic rings. The van der Waals surface area contributed by atoms with Crippen molar-refractivity contribution in [3.05, 3.63) is 59.7 Å². The summed E-state index contributed by atoms with van der Waals surface area (Å²) in [5.41, 5.74) is 3.32. The SMILES string of the molecule is CCn1c(NC(=O)c2ccc(CNC(C)=O)cc2)nc2ccccc21. The smallest absolute Gasteiger partial charge is 0.257 e. The Balaban J connectivity index is 1.77. The number of imidazole rings is 1. The number of nitrogens with one attached hydrogen (secondary N) is 2. The standard InChI is InChI=1S/C19H20N4O2/c1-3-23-17-7-5-4-6-16(17)21-19(23)22-18(25)15-10-8-14(9-11-15)12-20-13(2)24/h4-11H,3,12H2,1-2H3,(H,20,24)(H,21,22,25). The third kappa shape index (κ3) is 3.68. The molecule has 2 amide bonds. The molecule has 1 heterocycles. The van der Waals surface area contributed by atoms with Crippen molar-refractivity contribution >= 4 is 28.8 Å². The van der Waals surface area contributed by atoms with Crippen molar-refractivity contribution in [3.8, 4) is 0 Å². The summed E-state index contributed by atoms with van der Waals surface area (Å²) in [5.74, 6) is 0.243. The van der Waals surface area contributed by atoms with Gasteiger partial charge in [0.15, 0.2) is 0 Å². The van der Waals surface area contributed by atoms with E-state index in [-0.39, 0.29) is 11.8 Å². The van der Waals surface area contributed by atoms with Gasteiger partial charge in [-0.3, -0.25) is 14.9 Å². The van der Waals surface area contributed by atoms with Gasteiger partial charge in [-0.2, -0.15) is 0 Å². The number of amides is 2. The Morgan fingerprint density at radius 3 is 2.48 bits per heavy atom. The number of carbonyl (C=O) groups is 2. The number of nitrogens with zero attached hydrogens (tertiary/aromatic N) is 2. The Morgan fingerprint density at radius 2 is 1.80 bits per heavy atom. The molecule has 0 radical (unpaired) electrons. The molecule has 0 fully saturated rings. The van der Waals surface area contributed by atoms with E-state index in [1.807, 2.05) is 47.9 Å². The summed E-state index contributed by atoms with van der Waals surface area (Å²) in [6.07, 6.45) is 0. The van der Waals surface area contributed by atoms with Crippen molar-refractivity contribution in [1.29, 1.82) is 0 Å². The summed E-state index contributed by atoms with van der Waals surface area (Å²) in [7, 11) is 0. The fourth-order valence-electron chi connectivity index (χ4n) is 2.67. The predicted molar refractivity (Wildman–Crippen MR) is 97.3 cm³/mol. The van der Waals surface area contributed by atoms with Crippen molar-refractivity contribution in [1.82, 2.24) is 14.9 Å². The first kappa shape index (κ1) is 16.7. The highest BCUT2D eigenvalue weighted by atomic mass is 16.2. The van der Waals surface area contributed by atoms with Crippen LogP contribution >= 0.6 is 0 Å². The lowest BCUT2D eigenvalue weighted by molar-refractivity contribution is -0.119. The highest BCUT2D eigenvalue weighted by molar-refractivity contribution is 6.04. The zero-order valence-electron chi connectivity index (χ0n) is 14.2. The van der Waals surface area contributed by atoms with Gasteiger partial charge in [-0.1, -0.05) is 24.3 Å². The van der Waals surface area contributed by atoms with E-state index >= 15 is 0 Å². The molecule has 25 heavy (non-hydrogen) atoms. The molecule has 6 heteroatoms. The van der Waals surface area contributed by atoms with Gasteiger partial charge in [0, 0.05) is 25.6 Å². The predicted octanol–water partition coefficient (Wildman–Crippen LogP) is 2.94. The van der Waals surface area contributed by atoms with Crippen molar-refractivity contribution in [2.75, 3.05) is 5.32 Å². The van der Waals surface area contributed by atoms with E-state index in [0.717, 1.165) is 16.6 Å². The molecule has 2 N–H and O–H groups in total. The first-order valence-electron chi connectivity index (χ1n) is 8.18. The van der Waals surface area contributed by atoms with Crippen LogP contribution in [0.1, 0.15) is 29.8 Å². The zero-order valence-corrected chi connectivity index (χ0v) is 14.2. The maximum Gasteiger partial charge on any atom is 0.257 e. The van der Waals surface area contributed by atoms with Gasteiger partial charge in [0.25, 0.3) is 5.91 Å². The lowest BCUT2D eigenvalue weighted by Crippen LogP contribution is -2.19. The Labute approximate surface area is 145 Å². The van der Waals surface area contributed by atoms with Crippen LogP contribution in [0.2, 0.25) is 0 Å². The van der Waals surface area contributed by atoms with Crippen LogP contribution in [0, 0.1) is 0 Å². The number of rotatable bonds is 5. The molecule has 1 aromatic heterocycles. The van der Waals surface area contributed by atoms with Gasteiger partial charge >= 0.3 is 0 Å². The zero-order chi connectivity index (χ0) is 17.8. The van der Waals surface area contributed by atoms with Crippen LogP contribution < -0.4 is 10.6 Å². The van der Waals surface area contributed by atoms with E-state index < -0.39 is 0 Å². The fourth-order valence-corrected chi connectivity index (χ4v) is 2.67. The van der Waals surface area contributed by atoms with Gasteiger partial charge in [-0.15, -0.1) is 0 Å². The van der Waals surface area contributed by atoms with E-state index in [2.05, 4.69) is 15.6 Å². The molecule has 0 saturated heterocycles. The Kier molecular flexibility index (Phi) is 4.79. The van der Waals surface area contributed by atoms with Gasteiger partial charge in [0.2, 0.25) is 11.9 Å². The monoisotopic (exact) mass is 336 g/mol. The van der Waals surface area contributed by atoms with Gasteiger partial charge in [-0.25, -0.2) is 4.98 Å². The maximum atomic E-state index is 12.5. The van der Waals surface area contributed by atoms with E-state index in [4.69, 9.17) is 0 Å². The van der Waals surface area contributed by atoms with Crippen molar-refractivity contribution in [2.45, 2.75) is 26.9 Å². The van der Waals surface area contributed by atoms with Gasteiger partial charge in [0.1, 0.15) is 0 Å². The minimum atomic E-state index is -0.212. The van der Waals surface area contributed by atoms with Gasteiger partial charge in [-0.05, 0) is 36.8 Å². The average molecular weight is 336 g/mol.